The predicted molar refractivity (Wildman–Crippen MR) is 63.9 cm³/mol. The average Bonchev–Trinajstić information content (AvgIpc) is 3.10. The molecule has 2 heteroatoms. The lowest BCUT2D eigenvalue weighted by atomic mass is 10.0. The largest absolute Gasteiger partial charge is 0.490 e. The summed E-state index contributed by atoms with van der Waals surface area (Å²) in [6.45, 7) is 3.61. The minimum atomic E-state index is 0.305. The second kappa shape index (κ2) is 3.80. The summed E-state index contributed by atoms with van der Waals surface area (Å²) >= 11 is 0. The lowest BCUT2D eigenvalue weighted by Gasteiger charge is -2.10. The molecule has 1 fully saturated rings. The van der Waals surface area contributed by atoms with Gasteiger partial charge in [0.25, 0.3) is 0 Å². The highest BCUT2D eigenvalue weighted by atomic mass is 16.6. The Bertz CT molecular complexity index is 510. The molecule has 2 aromatic carbocycles. The van der Waals surface area contributed by atoms with Gasteiger partial charge in [0.1, 0.15) is 18.5 Å². The van der Waals surface area contributed by atoms with Gasteiger partial charge in [0.2, 0.25) is 0 Å². The summed E-state index contributed by atoms with van der Waals surface area (Å²) in [6, 6.07) is 12.5. The molecule has 1 aliphatic heterocycles. The Kier molecular flexibility index (Phi) is 2.29. The maximum Gasteiger partial charge on any atom is 0.127 e. The topological polar surface area (TPSA) is 21.8 Å². The Hall–Kier alpha value is -1.54. The first-order valence-corrected chi connectivity index (χ1v) is 5.57. The van der Waals surface area contributed by atoms with E-state index in [0.717, 1.165) is 12.4 Å². The van der Waals surface area contributed by atoms with Gasteiger partial charge in [-0.05, 0) is 23.9 Å². The monoisotopic (exact) mass is 214 g/mol. The lowest BCUT2D eigenvalue weighted by molar-refractivity contribution is 0.265. The van der Waals surface area contributed by atoms with Crippen LogP contribution >= 0.6 is 0 Å². The Morgan fingerprint density at radius 3 is 2.75 bits per heavy atom. The van der Waals surface area contributed by atoms with Gasteiger partial charge in [0.15, 0.2) is 0 Å². The molecule has 16 heavy (non-hydrogen) atoms. The van der Waals surface area contributed by atoms with Crippen molar-refractivity contribution in [2.45, 2.75) is 13.0 Å². The van der Waals surface area contributed by atoms with Crippen LogP contribution in [0.2, 0.25) is 0 Å². The zero-order valence-corrected chi connectivity index (χ0v) is 9.27. The van der Waals surface area contributed by atoms with Crippen LogP contribution in [0.3, 0.4) is 0 Å². The van der Waals surface area contributed by atoms with Gasteiger partial charge in [-0.3, -0.25) is 0 Å². The number of ether oxygens (including phenoxy) is 2. The fraction of sp³-hybridized carbons (Fsp3) is 0.286. The van der Waals surface area contributed by atoms with E-state index in [0.29, 0.717) is 12.7 Å². The van der Waals surface area contributed by atoms with Crippen LogP contribution in [0.1, 0.15) is 5.56 Å². The molecular formula is C14H14O2. The fourth-order valence-electron chi connectivity index (χ4n) is 1.96. The van der Waals surface area contributed by atoms with Gasteiger partial charge < -0.3 is 9.47 Å². The summed E-state index contributed by atoms with van der Waals surface area (Å²) in [7, 11) is 0. The molecular weight excluding hydrogens is 200 g/mol. The van der Waals surface area contributed by atoms with E-state index < -0.39 is 0 Å². The van der Waals surface area contributed by atoms with E-state index in [4.69, 9.17) is 9.47 Å². The molecule has 1 aliphatic rings. The quantitative estimate of drug-likeness (QED) is 0.733. The molecule has 0 saturated carbocycles. The first-order chi connectivity index (χ1) is 7.84. The molecule has 1 atom stereocenters. The van der Waals surface area contributed by atoms with Crippen molar-refractivity contribution in [3.63, 3.8) is 0 Å². The van der Waals surface area contributed by atoms with E-state index in [2.05, 4.69) is 31.2 Å². The van der Waals surface area contributed by atoms with Crippen LogP contribution in [0.25, 0.3) is 10.8 Å². The van der Waals surface area contributed by atoms with Crippen molar-refractivity contribution < 1.29 is 9.47 Å². The molecule has 1 unspecified atom stereocenters. The van der Waals surface area contributed by atoms with Crippen molar-refractivity contribution in [1.82, 2.24) is 0 Å². The van der Waals surface area contributed by atoms with Crippen molar-refractivity contribution in [3.05, 3.63) is 42.0 Å². The van der Waals surface area contributed by atoms with Crippen molar-refractivity contribution in [2.24, 2.45) is 0 Å². The molecule has 0 aromatic heterocycles. The zero-order valence-electron chi connectivity index (χ0n) is 9.27. The van der Waals surface area contributed by atoms with E-state index in [1.165, 1.54) is 16.3 Å². The van der Waals surface area contributed by atoms with E-state index in [9.17, 15) is 0 Å². The van der Waals surface area contributed by atoms with Crippen LogP contribution in [-0.2, 0) is 4.74 Å². The summed E-state index contributed by atoms with van der Waals surface area (Å²) in [6.07, 6.45) is 0.305. The van der Waals surface area contributed by atoms with Gasteiger partial charge in [0, 0.05) is 5.39 Å². The average molecular weight is 214 g/mol. The van der Waals surface area contributed by atoms with Crippen LogP contribution < -0.4 is 4.74 Å². The number of hydrogen-bond donors (Lipinski definition) is 0. The molecule has 1 heterocycles. The molecule has 2 nitrogen and oxygen atoms in total. The fourth-order valence-corrected chi connectivity index (χ4v) is 1.96. The lowest BCUT2D eigenvalue weighted by Crippen LogP contribution is -2.04. The van der Waals surface area contributed by atoms with Gasteiger partial charge in [0.05, 0.1) is 6.61 Å². The Balaban J connectivity index is 2.01. The van der Waals surface area contributed by atoms with E-state index in [1.807, 2.05) is 12.1 Å². The summed E-state index contributed by atoms with van der Waals surface area (Å²) in [5, 5.41) is 2.44. The molecule has 0 radical (unpaired) electrons. The first-order valence-electron chi connectivity index (χ1n) is 5.57. The van der Waals surface area contributed by atoms with Crippen LogP contribution in [0.5, 0.6) is 5.75 Å². The van der Waals surface area contributed by atoms with E-state index in [1.54, 1.807) is 0 Å². The highest BCUT2D eigenvalue weighted by Crippen LogP contribution is 2.29. The van der Waals surface area contributed by atoms with Crippen LogP contribution in [0.4, 0.5) is 0 Å². The number of aryl methyl sites for hydroxylation is 1. The highest BCUT2D eigenvalue weighted by Gasteiger charge is 2.23. The molecule has 82 valence electrons. The number of fused-ring (bicyclic) bond motifs is 1. The minimum Gasteiger partial charge on any atom is -0.490 e. The van der Waals surface area contributed by atoms with Crippen molar-refractivity contribution >= 4 is 10.8 Å². The molecule has 0 amide bonds. The van der Waals surface area contributed by atoms with Crippen molar-refractivity contribution in [2.75, 3.05) is 13.2 Å². The third-order valence-corrected chi connectivity index (χ3v) is 2.90. The second-order valence-electron chi connectivity index (χ2n) is 4.20. The Morgan fingerprint density at radius 2 is 2.00 bits per heavy atom. The molecule has 2 aromatic rings. The third-order valence-electron chi connectivity index (χ3n) is 2.90. The van der Waals surface area contributed by atoms with E-state index >= 15 is 0 Å². The third kappa shape index (κ3) is 1.76. The standard InChI is InChI=1S/C14H14O2/c1-10-4-2-5-11-6-3-7-13(14(10)11)16-9-12-8-15-12/h2-7,12H,8-9H2,1H3. The van der Waals surface area contributed by atoms with Crippen LogP contribution in [-0.4, -0.2) is 19.3 Å². The maximum atomic E-state index is 5.80. The number of epoxide rings is 1. The summed E-state index contributed by atoms with van der Waals surface area (Å²) < 4.78 is 10.9. The zero-order chi connectivity index (χ0) is 11.0. The van der Waals surface area contributed by atoms with Crippen LogP contribution in [0.15, 0.2) is 36.4 Å². The smallest absolute Gasteiger partial charge is 0.127 e. The van der Waals surface area contributed by atoms with Crippen molar-refractivity contribution in [3.8, 4) is 5.75 Å². The van der Waals surface area contributed by atoms with Crippen LogP contribution in [0, 0.1) is 6.92 Å². The molecule has 0 bridgehead atoms. The predicted octanol–water partition coefficient (Wildman–Crippen LogP) is 2.93. The van der Waals surface area contributed by atoms with Crippen molar-refractivity contribution in [1.29, 1.82) is 0 Å². The normalized spacial score (nSPS) is 18.7. The van der Waals surface area contributed by atoms with E-state index in [-0.39, 0.29) is 0 Å². The second-order valence-corrected chi connectivity index (χ2v) is 4.20. The van der Waals surface area contributed by atoms with Gasteiger partial charge in [-0.1, -0.05) is 30.3 Å². The Labute approximate surface area is 94.8 Å². The molecule has 3 rings (SSSR count). The van der Waals surface area contributed by atoms with Gasteiger partial charge in [-0.25, -0.2) is 0 Å². The molecule has 0 aliphatic carbocycles. The number of benzene rings is 2. The SMILES string of the molecule is Cc1cccc2cccc(OCC3CO3)c12. The number of hydrogen-bond acceptors (Lipinski definition) is 2. The van der Waals surface area contributed by atoms with Gasteiger partial charge in [-0.15, -0.1) is 0 Å². The highest BCUT2D eigenvalue weighted by molar-refractivity contribution is 5.91. The first kappa shape index (κ1) is 9.67. The summed E-state index contributed by atoms with van der Waals surface area (Å²) in [5.41, 5.74) is 1.25. The maximum absolute atomic E-state index is 5.80. The number of rotatable bonds is 3. The minimum absolute atomic E-state index is 0.305. The Morgan fingerprint density at radius 1 is 1.25 bits per heavy atom. The summed E-state index contributed by atoms with van der Waals surface area (Å²) in [4.78, 5) is 0. The van der Waals surface area contributed by atoms with Gasteiger partial charge in [-0.2, -0.15) is 0 Å². The molecule has 1 saturated heterocycles. The molecule has 0 spiro atoms. The summed E-state index contributed by atoms with van der Waals surface area (Å²) in [5.74, 6) is 0.964. The van der Waals surface area contributed by atoms with Gasteiger partial charge >= 0.3 is 0 Å². The molecule has 0 N–H and O–H groups in total.